The van der Waals surface area contributed by atoms with Crippen LogP contribution in [0, 0.1) is 6.92 Å². The molecule has 1 N–H and O–H groups in total. The standard InChI is InChI=1S/C16H13Cl2N3O3S/c1-10-2-4-11(5-3-10)16-20-15(24-21-16)9-19-25(22,23)14-8-12(17)6-7-13(14)18/h2-8,19H,9H2,1H3. The molecule has 0 bridgehead atoms. The molecule has 0 aliphatic carbocycles. The quantitative estimate of drug-likeness (QED) is 0.706. The molecule has 0 aliphatic heterocycles. The van der Waals surface area contributed by atoms with Crippen LogP contribution in [0.5, 0.6) is 0 Å². The summed E-state index contributed by atoms with van der Waals surface area (Å²) in [7, 11) is -3.87. The zero-order valence-corrected chi connectivity index (χ0v) is 15.4. The summed E-state index contributed by atoms with van der Waals surface area (Å²) < 4.78 is 32.2. The van der Waals surface area contributed by atoms with E-state index in [0.717, 1.165) is 11.1 Å². The number of aromatic nitrogens is 2. The molecule has 0 saturated carbocycles. The molecular formula is C16H13Cl2N3O3S. The summed E-state index contributed by atoms with van der Waals surface area (Å²) in [6.07, 6.45) is 0. The van der Waals surface area contributed by atoms with E-state index in [9.17, 15) is 8.42 Å². The van der Waals surface area contributed by atoms with Gasteiger partial charge in [0.1, 0.15) is 4.90 Å². The van der Waals surface area contributed by atoms with E-state index in [1.54, 1.807) is 0 Å². The number of benzene rings is 2. The van der Waals surface area contributed by atoms with Crippen molar-refractivity contribution in [1.82, 2.24) is 14.9 Å². The van der Waals surface area contributed by atoms with Gasteiger partial charge in [-0.1, -0.05) is 58.2 Å². The molecular weight excluding hydrogens is 385 g/mol. The predicted molar refractivity (Wildman–Crippen MR) is 95.0 cm³/mol. The fourth-order valence-corrected chi connectivity index (χ4v) is 3.80. The van der Waals surface area contributed by atoms with E-state index >= 15 is 0 Å². The SMILES string of the molecule is Cc1ccc(-c2noc(CNS(=O)(=O)c3cc(Cl)ccc3Cl)n2)cc1. The van der Waals surface area contributed by atoms with E-state index in [1.807, 2.05) is 31.2 Å². The third-order valence-corrected chi connectivity index (χ3v) is 5.49. The highest BCUT2D eigenvalue weighted by Gasteiger charge is 2.19. The molecule has 0 aliphatic rings. The molecule has 0 fully saturated rings. The van der Waals surface area contributed by atoms with E-state index in [2.05, 4.69) is 14.9 Å². The van der Waals surface area contributed by atoms with Crippen LogP contribution in [-0.4, -0.2) is 18.6 Å². The number of hydrogen-bond acceptors (Lipinski definition) is 5. The Kier molecular flexibility index (Phi) is 5.10. The fraction of sp³-hybridized carbons (Fsp3) is 0.125. The smallest absolute Gasteiger partial charge is 0.242 e. The van der Waals surface area contributed by atoms with E-state index < -0.39 is 10.0 Å². The van der Waals surface area contributed by atoms with Crippen LogP contribution >= 0.6 is 23.2 Å². The highest BCUT2D eigenvalue weighted by Crippen LogP contribution is 2.25. The Morgan fingerprint density at radius 3 is 2.56 bits per heavy atom. The maximum atomic E-state index is 12.3. The maximum absolute atomic E-state index is 12.3. The summed E-state index contributed by atoms with van der Waals surface area (Å²) in [5, 5.41) is 4.19. The number of nitrogens with one attached hydrogen (secondary N) is 1. The van der Waals surface area contributed by atoms with Gasteiger partial charge in [0.2, 0.25) is 21.7 Å². The largest absolute Gasteiger partial charge is 0.338 e. The van der Waals surface area contributed by atoms with Gasteiger partial charge in [-0.05, 0) is 25.1 Å². The highest BCUT2D eigenvalue weighted by atomic mass is 35.5. The lowest BCUT2D eigenvalue weighted by Crippen LogP contribution is -2.23. The van der Waals surface area contributed by atoms with Gasteiger partial charge in [-0.3, -0.25) is 0 Å². The summed E-state index contributed by atoms with van der Waals surface area (Å²) in [5.41, 5.74) is 1.89. The molecule has 0 unspecified atom stereocenters. The van der Waals surface area contributed by atoms with Crippen LogP contribution in [0.3, 0.4) is 0 Å². The molecule has 0 spiro atoms. The Morgan fingerprint density at radius 2 is 1.84 bits per heavy atom. The van der Waals surface area contributed by atoms with Gasteiger partial charge in [0, 0.05) is 10.6 Å². The maximum Gasteiger partial charge on any atom is 0.242 e. The fourth-order valence-electron chi connectivity index (χ4n) is 2.06. The van der Waals surface area contributed by atoms with E-state index in [0.29, 0.717) is 5.82 Å². The summed E-state index contributed by atoms with van der Waals surface area (Å²) in [5.74, 6) is 0.521. The van der Waals surface area contributed by atoms with Crippen LogP contribution in [-0.2, 0) is 16.6 Å². The van der Waals surface area contributed by atoms with Crippen molar-refractivity contribution in [3.63, 3.8) is 0 Å². The topological polar surface area (TPSA) is 85.1 Å². The molecule has 0 amide bonds. The predicted octanol–water partition coefficient (Wildman–Crippen LogP) is 3.83. The molecule has 1 heterocycles. The normalized spacial score (nSPS) is 11.6. The average molecular weight is 398 g/mol. The van der Waals surface area contributed by atoms with Crippen molar-refractivity contribution in [2.24, 2.45) is 0 Å². The van der Waals surface area contributed by atoms with Crippen molar-refractivity contribution in [3.8, 4) is 11.4 Å². The van der Waals surface area contributed by atoms with Gasteiger partial charge in [0.15, 0.2) is 0 Å². The lowest BCUT2D eigenvalue weighted by molar-refractivity contribution is 0.376. The molecule has 1 aromatic heterocycles. The third kappa shape index (κ3) is 4.19. The summed E-state index contributed by atoms with van der Waals surface area (Å²) in [6.45, 7) is 1.81. The Bertz CT molecular complexity index is 1000. The summed E-state index contributed by atoms with van der Waals surface area (Å²) in [4.78, 5) is 4.07. The molecule has 0 radical (unpaired) electrons. The van der Waals surface area contributed by atoms with Gasteiger partial charge in [0.05, 0.1) is 11.6 Å². The third-order valence-electron chi connectivity index (χ3n) is 3.37. The van der Waals surface area contributed by atoms with Crippen LogP contribution in [0.1, 0.15) is 11.5 Å². The van der Waals surface area contributed by atoms with Crippen molar-refractivity contribution in [1.29, 1.82) is 0 Å². The first kappa shape index (κ1) is 17.9. The minimum Gasteiger partial charge on any atom is -0.338 e. The zero-order valence-electron chi connectivity index (χ0n) is 13.0. The second-order valence-electron chi connectivity index (χ2n) is 5.28. The van der Waals surface area contributed by atoms with Crippen molar-refractivity contribution in [2.75, 3.05) is 0 Å². The van der Waals surface area contributed by atoms with Gasteiger partial charge in [0.25, 0.3) is 0 Å². The van der Waals surface area contributed by atoms with Crippen molar-refractivity contribution in [2.45, 2.75) is 18.4 Å². The van der Waals surface area contributed by atoms with Gasteiger partial charge in [-0.15, -0.1) is 0 Å². The van der Waals surface area contributed by atoms with Crippen LogP contribution in [0.4, 0.5) is 0 Å². The van der Waals surface area contributed by atoms with Crippen LogP contribution < -0.4 is 4.72 Å². The van der Waals surface area contributed by atoms with Gasteiger partial charge in [-0.25, -0.2) is 13.1 Å². The Balaban J connectivity index is 1.75. The summed E-state index contributed by atoms with van der Waals surface area (Å²) >= 11 is 11.8. The van der Waals surface area contributed by atoms with Gasteiger partial charge >= 0.3 is 0 Å². The number of nitrogens with zero attached hydrogens (tertiary/aromatic N) is 2. The van der Waals surface area contributed by atoms with Gasteiger partial charge in [-0.2, -0.15) is 4.98 Å². The molecule has 6 nitrogen and oxygen atoms in total. The number of rotatable bonds is 5. The molecule has 25 heavy (non-hydrogen) atoms. The first-order valence-corrected chi connectivity index (χ1v) is 9.43. The van der Waals surface area contributed by atoms with E-state index in [4.69, 9.17) is 27.7 Å². The first-order valence-electron chi connectivity index (χ1n) is 7.19. The van der Waals surface area contributed by atoms with E-state index in [-0.39, 0.29) is 27.4 Å². The summed E-state index contributed by atoms with van der Waals surface area (Å²) in [6, 6.07) is 11.8. The van der Waals surface area contributed by atoms with Crippen LogP contribution in [0.25, 0.3) is 11.4 Å². The first-order chi connectivity index (χ1) is 11.8. The Labute approximate surface area is 154 Å². The number of halogens is 2. The van der Waals surface area contributed by atoms with Crippen molar-refractivity contribution >= 4 is 33.2 Å². The van der Waals surface area contributed by atoms with Crippen molar-refractivity contribution < 1.29 is 12.9 Å². The van der Waals surface area contributed by atoms with Crippen LogP contribution in [0.15, 0.2) is 51.9 Å². The second-order valence-corrected chi connectivity index (χ2v) is 7.86. The lowest BCUT2D eigenvalue weighted by atomic mass is 10.1. The van der Waals surface area contributed by atoms with E-state index in [1.165, 1.54) is 18.2 Å². The number of sulfonamides is 1. The second kappa shape index (κ2) is 7.13. The average Bonchev–Trinajstić information content (AvgIpc) is 3.05. The Morgan fingerprint density at radius 1 is 1.12 bits per heavy atom. The monoisotopic (exact) mass is 397 g/mol. The molecule has 3 aromatic rings. The molecule has 3 rings (SSSR count). The molecule has 9 heteroatoms. The number of aryl methyl sites for hydroxylation is 1. The Hall–Kier alpha value is -1.93. The minimum absolute atomic E-state index is 0.0720. The number of hydrogen-bond donors (Lipinski definition) is 1. The zero-order chi connectivity index (χ0) is 18.0. The molecule has 0 saturated heterocycles. The van der Waals surface area contributed by atoms with Crippen LogP contribution in [0.2, 0.25) is 10.0 Å². The van der Waals surface area contributed by atoms with Gasteiger partial charge < -0.3 is 4.52 Å². The molecule has 130 valence electrons. The molecule has 0 atom stereocenters. The minimum atomic E-state index is -3.87. The lowest BCUT2D eigenvalue weighted by Gasteiger charge is -2.06. The highest BCUT2D eigenvalue weighted by molar-refractivity contribution is 7.89. The molecule has 2 aromatic carbocycles. The van der Waals surface area contributed by atoms with Crippen molar-refractivity contribution in [3.05, 3.63) is 64.0 Å².